The Morgan fingerprint density at radius 3 is 1.16 bits per heavy atom. The fourth-order valence-electron chi connectivity index (χ4n) is 6.29. The van der Waals surface area contributed by atoms with Gasteiger partial charge in [-0.15, -0.1) is 0 Å². The molecule has 0 radical (unpaired) electrons. The van der Waals surface area contributed by atoms with Crippen molar-refractivity contribution in [3.63, 3.8) is 0 Å². The molecule has 2 aliphatic carbocycles. The lowest BCUT2D eigenvalue weighted by Gasteiger charge is -2.47. The van der Waals surface area contributed by atoms with Gasteiger partial charge in [0.15, 0.2) is 12.6 Å². The quantitative estimate of drug-likeness (QED) is 0.0726. The summed E-state index contributed by atoms with van der Waals surface area (Å²) in [5.74, 6) is 0. The molecule has 2 aliphatic heterocycles. The van der Waals surface area contributed by atoms with Crippen molar-refractivity contribution >= 4 is 10.4 Å². The average Bonchev–Trinajstić information content (AvgIpc) is 3.03. The maximum absolute atomic E-state index is 10.8. The highest BCUT2D eigenvalue weighted by atomic mass is 32.3. The van der Waals surface area contributed by atoms with Crippen molar-refractivity contribution in [1.82, 2.24) is 0 Å². The van der Waals surface area contributed by atoms with E-state index in [4.69, 9.17) is 80.3 Å². The van der Waals surface area contributed by atoms with E-state index < -0.39 is 152 Å². The second kappa shape index (κ2) is 18.4. The first-order chi connectivity index (χ1) is 23.2. The molecule has 0 unspecified atom stereocenters. The molecule has 4 rings (SSSR count). The van der Waals surface area contributed by atoms with E-state index in [9.17, 15) is 40.9 Å². The van der Waals surface area contributed by atoms with Gasteiger partial charge < -0.3 is 104 Å². The molecule has 0 bridgehead atoms. The van der Waals surface area contributed by atoms with Crippen LogP contribution in [0.15, 0.2) is 0 Å². The van der Waals surface area contributed by atoms with Crippen LogP contribution in [0.1, 0.15) is 12.8 Å². The first-order valence-electron chi connectivity index (χ1n) is 15.6. The Kier molecular flexibility index (Phi) is 16.0. The number of nitrogens with two attached hydrogens (primary N) is 6. The van der Waals surface area contributed by atoms with Crippen molar-refractivity contribution < 1.29 is 86.8 Å². The number of aliphatic hydroxyl groups is 8. The Balaban J connectivity index is 0.00000126. The molecule has 4 fully saturated rings. The van der Waals surface area contributed by atoms with Crippen molar-refractivity contribution in [1.29, 1.82) is 0 Å². The van der Waals surface area contributed by atoms with E-state index in [2.05, 4.69) is 0 Å². The van der Waals surface area contributed by atoms with Crippen LogP contribution >= 0.6 is 0 Å². The van der Waals surface area contributed by atoms with Crippen molar-refractivity contribution in [3.8, 4) is 0 Å². The largest absolute Gasteiger partial charge is 0.394 e. The van der Waals surface area contributed by atoms with E-state index in [0.29, 0.717) is 0 Å². The van der Waals surface area contributed by atoms with Gasteiger partial charge in [-0.25, -0.2) is 0 Å². The molecule has 2 saturated heterocycles. The molecule has 50 heavy (non-hydrogen) atoms. The number of rotatable bonds is 10. The lowest BCUT2D eigenvalue weighted by Crippen LogP contribution is -2.68. The predicted molar refractivity (Wildman–Crippen MR) is 163 cm³/mol. The third-order valence-electron chi connectivity index (χ3n) is 9.09. The second-order valence-corrected chi connectivity index (χ2v) is 13.6. The molecule has 0 spiro atoms. The maximum atomic E-state index is 10.8. The molecule has 22 N–H and O–H groups in total. The molecule has 296 valence electrons. The Morgan fingerprint density at radius 1 is 0.540 bits per heavy atom. The van der Waals surface area contributed by atoms with Gasteiger partial charge in [-0.05, 0) is 12.8 Å². The molecule has 0 aromatic rings. The molecule has 2 heterocycles. The van der Waals surface area contributed by atoms with Crippen LogP contribution in [-0.4, -0.2) is 200 Å². The zero-order valence-electron chi connectivity index (χ0n) is 26.7. The predicted octanol–water partition coefficient (Wildman–Crippen LogP) is -9.80. The van der Waals surface area contributed by atoms with Gasteiger partial charge in [-0.2, -0.15) is 8.42 Å². The highest BCUT2D eigenvalue weighted by Crippen LogP contribution is 2.31. The van der Waals surface area contributed by atoms with Crippen LogP contribution in [0.5, 0.6) is 0 Å². The molecule has 2 saturated carbocycles. The average molecular weight is 757 g/mol. The van der Waals surface area contributed by atoms with Crippen LogP contribution in [0.2, 0.25) is 0 Å². The van der Waals surface area contributed by atoms with Crippen molar-refractivity contribution in [2.45, 2.75) is 135 Å². The monoisotopic (exact) mass is 756 g/mol. The third-order valence-corrected chi connectivity index (χ3v) is 9.09. The zero-order chi connectivity index (χ0) is 37.8. The van der Waals surface area contributed by atoms with Crippen LogP contribution in [0.25, 0.3) is 0 Å². The lowest BCUT2D eigenvalue weighted by atomic mass is 9.84. The fourth-order valence-corrected chi connectivity index (χ4v) is 6.29. The van der Waals surface area contributed by atoms with Crippen molar-refractivity contribution in [3.05, 3.63) is 0 Å². The highest BCUT2D eigenvalue weighted by Gasteiger charge is 2.51. The fraction of sp³-hybridized carbons (Fsp3) is 1.00. The molecule has 0 amide bonds. The van der Waals surface area contributed by atoms with Gasteiger partial charge in [0.2, 0.25) is 0 Å². The number of hydrogen-bond acceptors (Lipinski definition) is 22. The summed E-state index contributed by atoms with van der Waals surface area (Å²) in [5.41, 5.74) is 36.4. The van der Waals surface area contributed by atoms with E-state index >= 15 is 0 Å². The van der Waals surface area contributed by atoms with E-state index in [1.807, 2.05) is 0 Å². The van der Waals surface area contributed by atoms with Gasteiger partial charge in [0.05, 0.1) is 37.5 Å². The summed E-state index contributed by atoms with van der Waals surface area (Å²) in [7, 11) is -4.67. The molecular weight excluding hydrogens is 704 g/mol. The molecule has 24 nitrogen and oxygen atoms in total. The minimum absolute atomic E-state index is 0.123. The number of aliphatic hydroxyl groups excluding tert-OH is 8. The van der Waals surface area contributed by atoms with Crippen molar-refractivity contribution in [2.24, 2.45) is 34.4 Å². The Bertz CT molecular complexity index is 1080. The smallest absolute Gasteiger partial charge is 0.394 e. The van der Waals surface area contributed by atoms with Crippen LogP contribution in [0.4, 0.5) is 0 Å². The summed E-state index contributed by atoms with van der Waals surface area (Å²) in [6.07, 6.45) is -18.5. The van der Waals surface area contributed by atoms with Crippen LogP contribution in [0, 0.1) is 0 Å². The topological polar surface area (TPSA) is 448 Å². The molecule has 20 atom stereocenters. The van der Waals surface area contributed by atoms with E-state index in [1.54, 1.807) is 0 Å². The summed E-state index contributed by atoms with van der Waals surface area (Å²) < 4.78 is 65.9. The molecule has 0 aromatic carbocycles. The van der Waals surface area contributed by atoms with Gasteiger partial charge in [0.1, 0.15) is 67.8 Å². The summed E-state index contributed by atoms with van der Waals surface area (Å²) in [6, 6.07) is -5.64. The first-order valence-corrected chi connectivity index (χ1v) is 17.0. The molecule has 25 heteroatoms. The van der Waals surface area contributed by atoms with Crippen LogP contribution in [-0.2, 0) is 38.8 Å². The third kappa shape index (κ3) is 10.6. The van der Waals surface area contributed by atoms with Crippen LogP contribution < -0.4 is 34.4 Å². The Hall–Kier alpha value is -0.930. The minimum atomic E-state index is -4.67. The normalized spacial score (nSPS) is 48.8. The van der Waals surface area contributed by atoms with Gasteiger partial charge in [0.25, 0.3) is 0 Å². The first kappa shape index (κ1) is 43.5. The summed E-state index contributed by atoms with van der Waals surface area (Å²) >= 11 is 0. The SMILES string of the molecule is N[C@H]1[C@@H](O[C@H]2[C@H](O)[C@@H](O)[C@H](N)C[C@@H]2N)O[C@H](CO)[C@@H](O)[C@@H]1OCO[C@@H]1[C@@H](N)[C@@H](O[C@H]2[C@H](O)[C@@H](O)[C@H](N)C[C@@H]2N)O[C@H](CO)[C@H]1O.O=S(=O)(O)O. The number of hydrogen-bond donors (Lipinski definition) is 16. The van der Waals surface area contributed by atoms with Gasteiger partial charge >= 0.3 is 10.4 Å². The zero-order valence-corrected chi connectivity index (χ0v) is 27.5. The van der Waals surface area contributed by atoms with Crippen molar-refractivity contribution in [2.75, 3.05) is 20.0 Å². The highest BCUT2D eigenvalue weighted by molar-refractivity contribution is 7.79. The summed E-state index contributed by atoms with van der Waals surface area (Å²) in [5, 5.41) is 82.6. The Morgan fingerprint density at radius 2 is 0.860 bits per heavy atom. The summed E-state index contributed by atoms with van der Waals surface area (Å²) in [4.78, 5) is 0. The molecule has 4 aliphatic rings. The molecular formula is C25H52N6O18S. The number of ether oxygens (including phenoxy) is 6. The van der Waals surface area contributed by atoms with Gasteiger partial charge in [-0.1, -0.05) is 0 Å². The Labute approximate surface area is 286 Å². The standard InChI is InChI=1S/C25H50N6O14.H2O4S/c26-6-1-8(28)20(18(38)14(6)34)44-24-12(30)22(16(36)10(3-32)42-24)40-5-41-23-13(31)25(43-11(4-33)17(23)37)45-21-9(29)2-7(27)15(35)19(21)39;1-5(2,3)4/h6-25,32-39H,1-5,26-31H2;(H2,1,2,3,4)/t6-,7-,8+,9+,10-,11-,12-,13-,14+,15+,16-,17-,18-,19-,20-,21-,22-,23-,24-,25-;/m1./s1. The lowest BCUT2D eigenvalue weighted by molar-refractivity contribution is -0.320. The van der Waals surface area contributed by atoms with Crippen LogP contribution in [0.3, 0.4) is 0 Å². The minimum Gasteiger partial charge on any atom is -0.394 e. The van der Waals surface area contributed by atoms with E-state index in [0.717, 1.165) is 0 Å². The van der Waals surface area contributed by atoms with Gasteiger partial charge in [0, 0.05) is 24.2 Å². The second-order valence-electron chi connectivity index (χ2n) is 12.7. The van der Waals surface area contributed by atoms with Gasteiger partial charge in [-0.3, -0.25) is 9.11 Å². The summed E-state index contributed by atoms with van der Waals surface area (Å²) in [6.45, 7) is -1.98. The van der Waals surface area contributed by atoms with E-state index in [-0.39, 0.29) is 12.8 Å². The maximum Gasteiger partial charge on any atom is 0.394 e. The van der Waals surface area contributed by atoms with E-state index in [1.165, 1.54) is 0 Å². The molecule has 0 aromatic heterocycles.